The van der Waals surface area contributed by atoms with Gasteiger partial charge in [0, 0.05) is 30.9 Å². The quantitative estimate of drug-likeness (QED) is 0.531. The standard InChI is InChI=1S/C21H18FN5O3/c1-30-17-7-5-15(6-8-17)23-19(28)10-9-18-24-25-20-21(29)26(11-12-27(18)20)16-4-2-3-14(22)13-16/h2-8,11-13H,9-10H2,1H3,(H,23,28). The first kappa shape index (κ1) is 19.3. The summed E-state index contributed by atoms with van der Waals surface area (Å²) in [6.07, 6.45) is 3.61. The summed E-state index contributed by atoms with van der Waals surface area (Å²) in [5.41, 5.74) is 0.729. The highest BCUT2D eigenvalue weighted by Gasteiger charge is 2.13. The smallest absolute Gasteiger partial charge is 0.300 e. The molecule has 4 rings (SSSR count). The molecule has 0 saturated heterocycles. The second-order valence-electron chi connectivity index (χ2n) is 6.54. The average Bonchev–Trinajstić information content (AvgIpc) is 3.17. The summed E-state index contributed by atoms with van der Waals surface area (Å²) in [6.45, 7) is 0. The number of fused-ring (bicyclic) bond motifs is 1. The van der Waals surface area contributed by atoms with Crippen LogP contribution in [0.5, 0.6) is 5.75 Å². The van der Waals surface area contributed by atoms with Gasteiger partial charge in [-0.25, -0.2) is 4.39 Å². The molecule has 0 radical (unpaired) electrons. The van der Waals surface area contributed by atoms with Gasteiger partial charge in [0.05, 0.1) is 12.8 Å². The lowest BCUT2D eigenvalue weighted by Crippen LogP contribution is -2.20. The topological polar surface area (TPSA) is 90.5 Å². The van der Waals surface area contributed by atoms with Crippen LogP contribution < -0.4 is 15.6 Å². The van der Waals surface area contributed by atoms with Crippen molar-refractivity contribution in [1.82, 2.24) is 19.2 Å². The zero-order valence-corrected chi connectivity index (χ0v) is 16.1. The highest BCUT2D eigenvalue weighted by molar-refractivity contribution is 5.90. The Morgan fingerprint density at radius 2 is 1.93 bits per heavy atom. The van der Waals surface area contributed by atoms with Gasteiger partial charge in [-0.3, -0.25) is 18.6 Å². The number of nitrogens with zero attached hydrogens (tertiary/aromatic N) is 4. The second-order valence-corrected chi connectivity index (χ2v) is 6.54. The number of nitrogens with one attached hydrogen (secondary N) is 1. The molecule has 2 aromatic carbocycles. The second kappa shape index (κ2) is 8.16. The summed E-state index contributed by atoms with van der Waals surface area (Å²) in [4.78, 5) is 24.9. The predicted molar refractivity (Wildman–Crippen MR) is 108 cm³/mol. The molecule has 0 aliphatic carbocycles. The molecule has 0 saturated carbocycles. The van der Waals surface area contributed by atoms with Gasteiger partial charge in [0.1, 0.15) is 17.4 Å². The van der Waals surface area contributed by atoms with E-state index in [4.69, 9.17) is 4.74 Å². The van der Waals surface area contributed by atoms with Gasteiger partial charge in [-0.2, -0.15) is 0 Å². The largest absolute Gasteiger partial charge is 0.497 e. The first-order chi connectivity index (χ1) is 14.5. The average molecular weight is 407 g/mol. The van der Waals surface area contributed by atoms with Crippen molar-refractivity contribution in [3.05, 3.63) is 82.9 Å². The molecule has 0 bridgehead atoms. The Bertz CT molecular complexity index is 1260. The maximum absolute atomic E-state index is 13.5. The minimum Gasteiger partial charge on any atom is -0.497 e. The minimum atomic E-state index is -0.440. The van der Waals surface area contributed by atoms with Crippen LogP contribution in [-0.4, -0.2) is 32.2 Å². The summed E-state index contributed by atoms with van der Waals surface area (Å²) < 4.78 is 21.4. The Morgan fingerprint density at radius 3 is 2.67 bits per heavy atom. The molecule has 0 aliphatic heterocycles. The van der Waals surface area contributed by atoms with E-state index in [9.17, 15) is 14.0 Å². The maximum Gasteiger partial charge on any atom is 0.300 e. The van der Waals surface area contributed by atoms with Crippen LogP contribution in [0.3, 0.4) is 0 Å². The van der Waals surface area contributed by atoms with Crippen molar-refractivity contribution in [2.24, 2.45) is 0 Å². The molecule has 30 heavy (non-hydrogen) atoms. The number of hydrogen-bond acceptors (Lipinski definition) is 5. The Balaban J connectivity index is 1.49. The van der Waals surface area contributed by atoms with Crippen LogP contribution in [0.25, 0.3) is 11.3 Å². The number of rotatable bonds is 6. The zero-order valence-electron chi connectivity index (χ0n) is 16.1. The van der Waals surface area contributed by atoms with Crippen molar-refractivity contribution in [3.63, 3.8) is 0 Å². The maximum atomic E-state index is 13.5. The Hall–Kier alpha value is -4.01. The van der Waals surface area contributed by atoms with Gasteiger partial charge >= 0.3 is 5.56 Å². The van der Waals surface area contributed by atoms with Gasteiger partial charge < -0.3 is 10.1 Å². The third kappa shape index (κ3) is 3.90. The normalized spacial score (nSPS) is 10.9. The van der Waals surface area contributed by atoms with Crippen molar-refractivity contribution in [2.75, 3.05) is 12.4 Å². The van der Waals surface area contributed by atoms with Crippen LogP contribution in [0.2, 0.25) is 0 Å². The fourth-order valence-corrected chi connectivity index (χ4v) is 3.06. The number of ether oxygens (including phenoxy) is 1. The van der Waals surface area contributed by atoms with Gasteiger partial charge in [-0.05, 0) is 42.5 Å². The van der Waals surface area contributed by atoms with Crippen LogP contribution >= 0.6 is 0 Å². The lowest BCUT2D eigenvalue weighted by molar-refractivity contribution is -0.116. The molecule has 8 nitrogen and oxygen atoms in total. The van der Waals surface area contributed by atoms with E-state index in [0.717, 1.165) is 0 Å². The Kier molecular flexibility index (Phi) is 5.25. The van der Waals surface area contributed by atoms with Gasteiger partial charge in [-0.15, -0.1) is 10.2 Å². The molecule has 4 aromatic rings. The molecule has 0 atom stereocenters. The molecule has 1 amide bonds. The molecular weight excluding hydrogens is 389 g/mol. The molecule has 152 valence electrons. The lowest BCUT2D eigenvalue weighted by atomic mass is 10.2. The van der Waals surface area contributed by atoms with E-state index < -0.39 is 11.4 Å². The number of halogens is 1. The minimum absolute atomic E-state index is 0.104. The molecule has 0 aliphatic rings. The molecule has 0 unspecified atom stereocenters. The third-order valence-corrected chi connectivity index (χ3v) is 4.58. The number of methoxy groups -OCH3 is 1. The van der Waals surface area contributed by atoms with Crippen molar-refractivity contribution in [1.29, 1.82) is 0 Å². The van der Waals surface area contributed by atoms with Gasteiger partial charge in [-0.1, -0.05) is 6.07 Å². The highest BCUT2D eigenvalue weighted by Crippen LogP contribution is 2.15. The lowest BCUT2D eigenvalue weighted by Gasteiger charge is -2.07. The number of anilines is 1. The van der Waals surface area contributed by atoms with E-state index >= 15 is 0 Å². The number of amides is 1. The number of aryl methyl sites for hydroxylation is 1. The summed E-state index contributed by atoms with van der Waals surface area (Å²) >= 11 is 0. The Labute approximate surface area is 170 Å². The predicted octanol–water partition coefficient (Wildman–Crippen LogP) is 2.60. The summed E-state index contributed by atoms with van der Waals surface area (Å²) in [5, 5.41) is 10.8. The van der Waals surface area contributed by atoms with Crippen LogP contribution in [0.15, 0.2) is 65.7 Å². The fraction of sp³-hybridized carbons (Fsp3) is 0.143. The van der Waals surface area contributed by atoms with Crippen molar-refractivity contribution in [3.8, 4) is 11.4 Å². The number of carbonyl (C=O) groups is 1. The monoisotopic (exact) mass is 407 g/mol. The van der Waals surface area contributed by atoms with Crippen LogP contribution in [0.4, 0.5) is 10.1 Å². The van der Waals surface area contributed by atoms with E-state index in [0.29, 0.717) is 29.4 Å². The molecule has 2 heterocycles. The number of hydrogen-bond donors (Lipinski definition) is 1. The van der Waals surface area contributed by atoms with E-state index in [1.54, 1.807) is 48.0 Å². The molecule has 1 N–H and O–H groups in total. The number of carbonyl (C=O) groups excluding carboxylic acids is 1. The number of benzene rings is 2. The summed E-state index contributed by atoms with van der Waals surface area (Å²) in [5.74, 6) is 0.555. The van der Waals surface area contributed by atoms with Gasteiger partial charge in [0.2, 0.25) is 11.6 Å². The van der Waals surface area contributed by atoms with Crippen molar-refractivity contribution >= 4 is 17.2 Å². The SMILES string of the molecule is COc1ccc(NC(=O)CCc2nnc3c(=O)n(-c4cccc(F)c4)ccn23)cc1. The first-order valence-electron chi connectivity index (χ1n) is 9.20. The molecular formula is C21H18FN5O3. The highest BCUT2D eigenvalue weighted by atomic mass is 19.1. The Morgan fingerprint density at radius 1 is 1.13 bits per heavy atom. The van der Waals surface area contributed by atoms with Crippen molar-refractivity contribution in [2.45, 2.75) is 12.8 Å². The summed E-state index contributed by atoms with van der Waals surface area (Å²) in [7, 11) is 1.57. The zero-order chi connectivity index (χ0) is 21.1. The van der Waals surface area contributed by atoms with E-state index in [2.05, 4.69) is 15.5 Å². The van der Waals surface area contributed by atoms with Crippen molar-refractivity contribution < 1.29 is 13.9 Å². The van der Waals surface area contributed by atoms with Crippen LogP contribution in [0, 0.1) is 5.82 Å². The number of aromatic nitrogens is 4. The van der Waals surface area contributed by atoms with E-state index in [1.165, 1.54) is 29.0 Å². The van der Waals surface area contributed by atoms with E-state index in [-0.39, 0.29) is 18.0 Å². The fourth-order valence-electron chi connectivity index (χ4n) is 3.06. The molecule has 2 aromatic heterocycles. The third-order valence-electron chi connectivity index (χ3n) is 4.58. The van der Waals surface area contributed by atoms with Gasteiger partial charge in [0.15, 0.2) is 0 Å². The molecule has 0 spiro atoms. The molecule has 0 fully saturated rings. The van der Waals surface area contributed by atoms with Crippen LogP contribution in [-0.2, 0) is 11.2 Å². The van der Waals surface area contributed by atoms with Crippen LogP contribution in [0.1, 0.15) is 12.2 Å². The summed E-state index contributed by atoms with van der Waals surface area (Å²) in [6, 6.07) is 12.7. The van der Waals surface area contributed by atoms with E-state index in [1.807, 2.05) is 0 Å². The molecule has 9 heteroatoms. The van der Waals surface area contributed by atoms with Gasteiger partial charge in [0.25, 0.3) is 0 Å². The first-order valence-corrected chi connectivity index (χ1v) is 9.20.